The monoisotopic (exact) mass is 280 g/mol. The summed E-state index contributed by atoms with van der Waals surface area (Å²) >= 11 is 0. The van der Waals surface area contributed by atoms with E-state index in [0.29, 0.717) is 17.9 Å². The molecule has 0 aliphatic rings. The second kappa shape index (κ2) is 6.52. The lowest BCUT2D eigenvalue weighted by Gasteiger charge is -2.15. The molecule has 0 bridgehead atoms. The van der Waals surface area contributed by atoms with Gasteiger partial charge in [0, 0.05) is 15.0 Å². The van der Waals surface area contributed by atoms with E-state index in [-0.39, 0.29) is 11.9 Å². The average molecular weight is 280 g/mol. The third-order valence-corrected chi connectivity index (χ3v) is 4.14. The fourth-order valence-electron chi connectivity index (χ4n) is 1.36. The summed E-state index contributed by atoms with van der Waals surface area (Å²) in [6.07, 6.45) is 0. The molecule has 0 unspecified atom stereocenters. The Balaban J connectivity index is 2.51. The Kier molecular flexibility index (Phi) is 5.29. The van der Waals surface area contributed by atoms with E-state index in [1.807, 2.05) is 0 Å². The van der Waals surface area contributed by atoms with Crippen LogP contribution in [0.3, 0.4) is 0 Å². The molecular weight excluding hydrogens is 260 g/mol. The molecule has 5 heteroatoms. The maximum Gasteiger partial charge on any atom is 0.338 e. The Hall–Kier alpha value is -1.62. The van der Waals surface area contributed by atoms with Gasteiger partial charge in [0.15, 0.2) is 0 Å². The van der Waals surface area contributed by atoms with Crippen LogP contribution in [0.5, 0.6) is 5.75 Å². The molecule has 104 valence electrons. The van der Waals surface area contributed by atoms with Gasteiger partial charge < -0.3 is 9.47 Å². The largest absolute Gasteiger partial charge is 0.462 e. The first-order chi connectivity index (χ1) is 8.78. The fourth-order valence-corrected chi connectivity index (χ4v) is 2.07. The number of rotatable bonds is 5. The molecule has 0 atom stereocenters. The minimum Gasteiger partial charge on any atom is -0.462 e. The van der Waals surface area contributed by atoms with Crippen molar-refractivity contribution < 1.29 is 19.1 Å². The van der Waals surface area contributed by atoms with E-state index < -0.39 is 8.07 Å². The molecular formula is C14H20O4Si. The first-order valence-electron chi connectivity index (χ1n) is 6.23. The lowest BCUT2D eigenvalue weighted by atomic mass is 10.2. The molecule has 0 aliphatic carbocycles. The fraction of sp³-hybridized carbons (Fsp3) is 0.429. The van der Waals surface area contributed by atoms with Crippen molar-refractivity contribution in [2.24, 2.45) is 0 Å². The quantitative estimate of drug-likeness (QED) is 0.472. The van der Waals surface area contributed by atoms with Gasteiger partial charge >= 0.3 is 11.9 Å². The molecule has 0 saturated carbocycles. The molecule has 0 radical (unpaired) electrons. The van der Waals surface area contributed by atoms with E-state index in [1.165, 1.54) is 6.92 Å². The van der Waals surface area contributed by atoms with Gasteiger partial charge in [0.25, 0.3) is 0 Å². The van der Waals surface area contributed by atoms with Crippen molar-refractivity contribution >= 4 is 20.0 Å². The van der Waals surface area contributed by atoms with Crippen LogP contribution in [0.1, 0.15) is 17.3 Å². The summed E-state index contributed by atoms with van der Waals surface area (Å²) in [6, 6.07) is 7.29. The number of carbonyl (C=O) groups excluding carboxylic acids is 2. The molecule has 1 aromatic carbocycles. The maximum atomic E-state index is 11.7. The predicted molar refractivity (Wildman–Crippen MR) is 76.2 cm³/mol. The highest BCUT2D eigenvalue weighted by molar-refractivity contribution is 6.76. The molecule has 0 spiro atoms. The lowest BCUT2D eigenvalue weighted by Crippen LogP contribution is -2.22. The van der Waals surface area contributed by atoms with Gasteiger partial charge in [0.05, 0.1) is 12.2 Å². The van der Waals surface area contributed by atoms with Crippen molar-refractivity contribution in [3.8, 4) is 5.75 Å². The SMILES string of the molecule is CC(=O)Oc1ccc(C(=O)OCC[Si](C)(C)C)cc1. The summed E-state index contributed by atoms with van der Waals surface area (Å²) in [5.41, 5.74) is 0.464. The molecule has 0 heterocycles. The summed E-state index contributed by atoms with van der Waals surface area (Å²) in [4.78, 5) is 22.5. The minimum absolute atomic E-state index is 0.340. The zero-order valence-corrected chi connectivity index (χ0v) is 12.9. The average Bonchev–Trinajstić information content (AvgIpc) is 2.27. The van der Waals surface area contributed by atoms with Gasteiger partial charge in [-0.1, -0.05) is 19.6 Å². The van der Waals surface area contributed by atoms with E-state index in [0.717, 1.165) is 6.04 Å². The summed E-state index contributed by atoms with van der Waals surface area (Å²) in [5.74, 6) is -0.302. The summed E-state index contributed by atoms with van der Waals surface area (Å²) in [5, 5.41) is 0. The lowest BCUT2D eigenvalue weighted by molar-refractivity contribution is -0.131. The first-order valence-corrected chi connectivity index (χ1v) is 9.94. The molecule has 0 amide bonds. The van der Waals surface area contributed by atoms with Gasteiger partial charge in [-0.2, -0.15) is 0 Å². The number of ether oxygens (including phenoxy) is 2. The van der Waals surface area contributed by atoms with Crippen molar-refractivity contribution in [1.82, 2.24) is 0 Å². The van der Waals surface area contributed by atoms with Crippen LogP contribution < -0.4 is 4.74 Å². The van der Waals surface area contributed by atoms with Crippen LogP contribution in [0, 0.1) is 0 Å². The predicted octanol–water partition coefficient (Wildman–Crippen LogP) is 3.11. The molecule has 4 nitrogen and oxygen atoms in total. The topological polar surface area (TPSA) is 52.6 Å². The van der Waals surface area contributed by atoms with E-state index in [9.17, 15) is 9.59 Å². The number of hydrogen-bond donors (Lipinski definition) is 0. The Morgan fingerprint density at radius 1 is 1.11 bits per heavy atom. The molecule has 1 aromatic rings. The van der Waals surface area contributed by atoms with E-state index >= 15 is 0 Å². The van der Waals surface area contributed by atoms with E-state index in [4.69, 9.17) is 9.47 Å². The Labute approximate surface area is 114 Å². The van der Waals surface area contributed by atoms with Crippen molar-refractivity contribution in [3.63, 3.8) is 0 Å². The number of esters is 2. The second-order valence-corrected chi connectivity index (χ2v) is 11.2. The number of hydrogen-bond acceptors (Lipinski definition) is 4. The number of carbonyl (C=O) groups is 2. The van der Waals surface area contributed by atoms with Gasteiger partial charge in [-0.15, -0.1) is 0 Å². The maximum absolute atomic E-state index is 11.7. The van der Waals surface area contributed by atoms with Gasteiger partial charge in [-0.05, 0) is 30.3 Å². The van der Waals surface area contributed by atoms with E-state index in [1.54, 1.807) is 24.3 Å². The summed E-state index contributed by atoms with van der Waals surface area (Å²) < 4.78 is 10.1. The summed E-state index contributed by atoms with van der Waals surface area (Å²) in [6.45, 7) is 8.48. The van der Waals surface area contributed by atoms with Crippen LogP contribution in [0.2, 0.25) is 25.7 Å². The first kappa shape index (κ1) is 15.4. The van der Waals surface area contributed by atoms with Crippen LogP contribution >= 0.6 is 0 Å². The highest BCUT2D eigenvalue weighted by atomic mass is 28.3. The van der Waals surface area contributed by atoms with Gasteiger partial charge in [0.1, 0.15) is 5.75 Å². The molecule has 19 heavy (non-hydrogen) atoms. The van der Waals surface area contributed by atoms with Crippen molar-refractivity contribution in [1.29, 1.82) is 0 Å². The van der Waals surface area contributed by atoms with Crippen LogP contribution in [0.4, 0.5) is 0 Å². The third-order valence-electron chi connectivity index (χ3n) is 2.44. The normalized spacial score (nSPS) is 10.9. The van der Waals surface area contributed by atoms with Crippen molar-refractivity contribution in [2.75, 3.05) is 6.61 Å². The molecule has 1 rings (SSSR count). The minimum atomic E-state index is -1.19. The van der Waals surface area contributed by atoms with Crippen molar-refractivity contribution in [3.05, 3.63) is 29.8 Å². The molecule has 0 aromatic heterocycles. The van der Waals surface area contributed by atoms with Crippen molar-refractivity contribution in [2.45, 2.75) is 32.6 Å². The van der Waals surface area contributed by atoms with Crippen LogP contribution in [0.25, 0.3) is 0 Å². The summed E-state index contributed by atoms with van der Waals surface area (Å²) in [7, 11) is -1.19. The highest BCUT2D eigenvalue weighted by Crippen LogP contribution is 2.14. The molecule has 0 aliphatic heterocycles. The van der Waals surface area contributed by atoms with Gasteiger partial charge in [0.2, 0.25) is 0 Å². The molecule has 0 fully saturated rings. The Morgan fingerprint density at radius 2 is 1.68 bits per heavy atom. The van der Waals surface area contributed by atoms with Crippen LogP contribution in [0.15, 0.2) is 24.3 Å². The van der Waals surface area contributed by atoms with E-state index in [2.05, 4.69) is 19.6 Å². The standard InChI is InChI=1S/C14H20O4Si/c1-11(15)18-13-7-5-12(6-8-13)14(16)17-9-10-19(2,3)4/h5-8H,9-10H2,1-4H3. The zero-order chi connectivity index (χ0) is 14.5. The van der Waals surface area contributed by atoms with Gasteiger partial charge in [-0.3, -0.25) is 4.79 Å². The molecule has 0 saturated heterocycles. The highest BCUT2D eigenvalue weighted by Gasteiger charge is 2.14. The Bertz CT molecular complexity index is 446. The third kappa shape index (κ3) is 6.19. The van der Waals surface area contributed by atoms with Crippen LogP contribution in [-0.4, -0.2) is 26.6 Å². The second-order valence-electron chi connectivity index (χ2n) is 5.56. The Morgan fingerprint density at radius 3 is 2.16 bits per heavy atom. The number of benzene rings is 1. The van der Waals surface area contributed by atoms with Gasteiger partial charge in [-0.25, -0.2) is 4.79 Å². The van der Waals surface area contributed by atoms with Crippen LogP contribution in [-0.2, 0) is 9.53 Å². The smallest absolute Gasteiger partial charge is 0.338 e. The zero-order valence-electron chi connectivity index (χ0n) is 11.9. The molecule has 0 N–H and O–H groups in total.